The van der Waals surface area contributed by atoms with Crippen LogP contribution in [0.1, 0.15) is 6.92 Å². The Morgan fingerprint density at radius 1 is 1.12 bits per heavy atom. The Morgan fingerprint density at radius 2 is 1.85 bits per heavy atom. The van der Waals surface area contributed by atoms with E-state index in [-0.39, 0.29) is 11.7 Å². The van der Waals surface area contributed by atoms with E-state index in [0.29, 0.717) is 21.7 Å². The van der Waals surface area contributed by atoms with Gasteiger partial charge in [0.15, 0.2) is 11.0 Å². The zero-order valence-corrected chi connectivity index (χ0v) is 18.8. The third-order valence-electron chi connectivity index (χ3n) is 4.46. The molecule has 1 unspecified atom stereocenters. The van der Waals surface area contributed by atoms with Crippen molar-refractivity contribution in [1.82, 2.24) is 19.9 Å². The summed E-state index contributed by atoms with van der Waals surface area (Å²) in [4.78, 5) is 17.1. The Kier molecular flexibility index (Phi) is 6.84. The number of ether oxygens (including phenoxy) is 1. The molecule has 3 N–H and O–H groups in total. The van der Waals surface area contributed by atoms with Crippen LogP contribution in [0.15, 0.2) is 65.1 Å². The largest absolute Gasteiger partial charge is 0.435 e. The van der Waals surface area contributed by atoms with E-state index in [1.807, 2.05) is 35.7 Å². The first-order valence-electron chi connectivity index (χ1n) is 9.65. The van der Waals surface area contributed by atoms with Gasteiger partial charge in [0.25, 0.3) is 0 Å². The van der Waals surface area contributed by atoms with Gasteiger partial charge in [0, 0.05) is 16.5 Å². The number of nitrogen functional groups attached to an aromatic ring is 1. The molecule has 8 nitrogen and oxygen atoms in total. The number of rotatable bonds is 8. The summed E-state index contributed by atoms with van der Waals surface area (Å²) in [6, 6.07) is 15.5. The smallest absolute Gasteiger partial charge is 0.387 e. The van der Waals surface area contributed by atoms with Gasteiger partial charge in [-0.05, 0) is 31.2 Å². The number of carbonyl (C=O) groups excluding carboxylic acids is 1. The van der Waals surface area contributed by atoms with Gasteiger partial charge >= 0.3 is 6.61 Å². The lowest BCUT2D eigenvalue weighted by Crippen LogP contribution is -2.23. The Morgan fingerprint density at radius 3 is 2.55 bits per heavy atom. The van der Waals surface area contributed by atoms with Crippen molar-refractivity contribution < 1.29 is 18.3 Å². The number of thioether (sulfide) groups is 1. The van der Waals surface area contributed by atoms with Crippen LogP contribution in [0, 0.1) is 0 Å². The predicted molar refractivity (Wildman–Crippen MR) is 124 cm³/mol. The van der Waals surface area contributed by atoms with Crippen molar-refractivity contribution >= 4 is 34.1 Å². The second-order valence-corrected chi connectivity index (χ2v) is 8.90. The summed E-state index contributed by atoms with van der Waals surface area (Å²) in [7, 11) is 0. The molecule has 2 aromatic heterocycles. The number of benzene rings is 2. The molecule has 2 heterocycles. The van der Waals surface area contributed by atoms with Gasteiger partial charge in [0.1, 0.15) is 5.75 Å². The maximum atomic E-state index is 12.6. The summed E-state index contributed by atoms with van der Waals surface area (Å²) in [5.41, 5.74) is 2.31. The second kappa shape index (κ2) is 9.96. The summed E-state index contributed by atoms with van der Waals surface area (Å²) >= 11 is 2.47. The lowest BCUT2D eigenvalue weighted by Gasteiger charge is -2.10. The molecule has 4 rings (SSSR count). The van der Waals surface area contributed by atoms with E-state index >= 15 is 0 Å². The van der Waals surface area contributed by atoms with E-state index < -0.39 is 11.9 Å². The number of thiazole rings is 1. The molecule has 0 fully saturated rings. The van der Waals surface area contributed by atoms with Gasteiger partial charge in [-0.2, -0.15) is 8.78 Å². The third-order valence-corrected chi connectivity index (χ3v) is 6.27. The van der Waals surface area contributed by atoms with Crippen molar-refractivity contribution in [1.29, 1.82) is 0 Å². The molecule has 0 aliphatic carbocycles. The van der Waals surface area contributed by atoms with Crippen LogP contribution in [0.4, 0.5) is 13.9 Å². The molecule has 2 aromatic carbocycles. The van der Waals surface area contributed by atoms with Gasteiger partial charge in [0.05, 0.1) is 10.9 Å². The van der Waals surface area contributed by atoms with E-state index in [9.17, 15) is 13.6 Å². The Bertz CT molecular complexity index is 1230. The first-order valence-corrected chi connectivity index (χ1v) is 11.4. The summed E-state index contributed by atoms with van der Waals surface area (Å²) in [6.45, 7) is -1.18. The average Bonchev–Trinajstić information content (AvgIpc) is 3.41. The van der Waals surface area contributed by atoms with Gasteiger partial charge in [0.2, 0.25) is 11.1 Å². The van der Waals surface area contributed by atoms with Crippen molar-refractivity contribution in [2.45, 2.75) is 23.9 Å². The lowest BCUT2D eigenvalue weighted by atomic mass is 10.2. The average molecular weight is 489 g/mol. The third kappa shape index (κ3) is 5.46. The molecule has 1 atom stereocenters. The topological polar surface area (TPSA) is 108 Å². The number of alkyl halides is 2. The predicted octanol–water partition coefficient (Wildman–Crippen LogP) is 4.50. The number of nitrogens with zero attached hydrogens (tertiary/aromatic N) is 4. The zero-order valence-electron chi connectivity index (χ0n) is 17.2. The van der Waals surface area contributed by atoms with Crippen LogP contribution in [0.25, 0.3) is 22.6 Å². The maximum Gasteiger partial charge on any atom is 0.387 e. The number of aromatic nitrogens is 4. The number of anilines is 1. The summed E-state index contributed by atoms with van der Waals surface area (Å²) < 4.78 is 30.2. The Balaban J connectivity index is 1.39. The summed E-state index contributed by atoms with van der Waals surface area (Å²) in [5, 5.41) is 13.1. The summed E-state index contributed by atoms with van der Waals surface area (Å²) in [6.07, 6.45) is 0. The highest BCUT2D eigenvalue weighted by Gasteiger charge is 2.21. The first-order chi connectivity index (χ1) is 15.9. The van der Waals surface area contributed by atoms with Crippen molar-refractivity contribution in [3.8, 4) is 28.4 Å². The Hall–Kier alpha value is -3.51. The normalized spacial score (nSPS) is 12.0. The van der Waals surface area contributed by atoms with E-state index in [0.717, 1.165) is 23.0 Å². The van der Waals surface area contributed by atoms with Crippen LogP contribution >= 0.6 is 23.1 Å². The van der Waals surface area contributed by atoms with Gasteiger partial charge in [-0.1, -0.05) is 42.1 Å². The molecule has 0 spiro atoms. The fraction of sp³-hybridized carbons (Fsp3) is 0.143. The monoisotopic (exact) mass is 488 g/mol. The SMILES string of the molecule is CC(Sc1nnc(-c2ccc(OC(F)F)cc2)n1N)C(=O)Nc1nc(-c2ccccc2)cs1. The van der Waals surface area contributed by atoms with Gasteiger partial charge in [-0.3, -0.25) is 4.79 Å². The van der Waals surface area contributed by atoms with Crippen molar-refractivity contribution in [2.24, 2.45) is 0 Å². The molecule has 0 saturated heterocycles. The standard InChI is InChI=1S/C21H18F2N6O2S2/c1-12(18(30)26-20-25-16(11-32-20)13-5-3-2-4-6-13)33-21-28-27-17(29(21)24)14-7-9-15(10-8-14)31-19(22)23/h2-12,19H,24H2,1H3,(H,25,26,30). The molecule has 12 heteroatoms. The molecular formula is C21H18F2N6O2S2. The molecule has 4 aromatic rings. The number of nitrogens with two attached hydrogens (primary N) is 1. The quantitative estimate of drug-likeness (QED) is 0.278. The number of hydrogen-bond donors (Lipinski definition) is 2. The minimum absolute atomic E-state index is 0.0225. The van der Waals surface area contributed by atoms with E-state index in [2.05, 4.69) is 25.2 Å². The lowest BCUT2D eigenvalue weighted by molar-refractivity contribution is -0.115. The Labute approximate surface area is 195 Å². The van der Waals surface area contributed by atoms with E-state index in [4.69, 9.17) is 5.84 Å². The summed E-state index contributed by atoms with van der Waals surface area (Å²) in [5.74, 6) is 6.19. The van der Waals surface area contributed by atoms with Crippen LogP contribution < -0.4 is 15.9 Å². The molecule has 170 valence electrons. The number of hydrogen-bond acceptors (Lipinski definition) is 8. The van der Waals surface area contributed by atoms with Gasteiger partial charge < -0.3 is 15.9 Å². The molecule has 0 saturated carbocycles. The number of amides is 1. The second-order valence-electron chi connectivity index (χ2n) is 6.73. The van der Waals surface area contributed by atoms with Gasteiger partial charge in [-0.25, -0.2) is 9.66 Å². The fourth-order valence-corrected chi connectivity index (χ4v) is 4.32. The van der Waals surface area contributed by atoms with E-state index in [1.165, 1.54) is 28.1 Å². The van der Waals surface area contributed by atoms with Crippen LogP contribution in [0.3, 0.4) is 0 Å². The molecular weight excluding hydrogens is 470 g/mol. The first kappa shape index (κ1) is 22.7. The highest BCUT2D eigenvalue weighted by Crippen LogP contribution is 2.28. The van der Waals surface area contributed by atoms with Crippen molar-refractivity contribution in [2.75, 3.05) is 11.2 Å². The molecule has 33 heavy (non-hydrogen) atoms. The molecule has 0 radical (unpaired) electrons. The van der Waals surface area contributed by atoms with E-state index in [1.54, 1.807) is 19.1 Å². The number of carbonyl (C=O) groups is 1. The maximum absolute atomic E-state index is 12.6. The molecule has 1 amide bonds. The van der Waals surface area contributed by atoms with Crippen LogP contribution in [0.2, 0.25) is 0 Å². The number of halogens is 2. The molecule has 0 aliphatic heterocycles. The molecule has 0 bridgehead atoms. The highest BCUT2D eigenvalue weighted by atomic mass is 32.2. The van der Waals surface area contributed by atoms with Gasteiger partial charge in [-0.15, -0.1) is 21.5 Å². The van der Waals surface area contributed by atoms with Crippen LogP contribution in [0.5, 0.6) is 5.75 Å². The zero-order chi connectivity index (χ0) is 23.4. The van der Waals surface area contributed by atoms with Crippen molar-refractivity contribution in [3.05, 3.63) is 60.0 Å². The van der Waals surface area contributed by atoms with Crippen LogP contribution in [-0.2, 0) is 4.79 Å². The fourth-order valence-electron chi connectivity index (χ4n) is 2.83. The number of nitrogens with one attached hydrogen (secondary N) is 1. The van der Waals surface area contributed by atoms with Crippen LogP contribution in [-0.4, -0.2) is 37.6 Å². The van der Waals surface area contributed by atoms with Crippen molar-refractivity contribution in [3.63, 3.8) is 0 Å². The highest BCUT2D eigenvalue weighted by molar-refractivity contribution is 8.00. The molecule has 0 aliphatic rings. The minimum atomic E-state index is -2.90. The minimum Gasteiger partial charge on any atom is -0.435 e.